The second-order valence-electron chi connectivity index (χ2n) is 4.62. The van der Waals surface area contributed by atoms with Crippen molar-refractivity contribution in [3.63, 3.8) is 0 Å². The summed E-state index contributed by atoms with van der Waals surface area (Å²) < 4.78 is 0. The number of hydrogen-bond donors (Lipinski definition) is 2. The van der Waals surface area contributed by atoms with Gasteiger partial charge in [0.2, 0.25) is 0 Å². The summed E-state index contributed by atoms with van der Waals surface area (Å²) in [5, 5.41) is 10.0. The third-order valence-corrected chi connectivity index (χ3v) is 3.46. The molecule has 0 saturated heterocycles. The van der Waals surface area contributed by atoms with Gasteiger partial charge in [-0.15, -0.1) is 0 Å². The van der Waals surface area contributed by atoms with Crippen LogP contribution in [-0.4, -0.2) is 17.8 Å². The van der Waals surface area contributed by atoms with Crippen LogP contribution in [-0.2, 0) is 0 Å². The van der Waals surface area contributed by atoms with Crippen molar-refractivity contribution in [2.24, 2.45) is 17.6 Å². The summed E-state index contributed by atoms with van der Waals surface area (Å²) in [7, 11) is 0. The first kappa shape index (κ1) is 10.7. The summed E-state index contributed by atoms with van der Waals surface area (Å²) in [5.41, 5.74) is 6.92. The number of benzene rings is 1. The fourth-order valence-electron chi connectivity index (χ4n) is 2.24. The van der Waals surface area contributed by atoms with E-state index in [4.69, 9.17) is 5.73 Å². The highest BCUT2D eigenvalue weighted by Gasteiger charge is 2.44. The van der Waals surface area contributed by atoms with E-state index in [2.05, 4.69) is 24.3 Å². The predicted molar refractivity (Wildman–Crippen MR) is 61.5 cm³/mol. The molecule has 1 saturated carbocycles. The average Bonchev–Trinajstić information content (AvgIpc) is 3.08. The third kappa shape index (κ3) is 2.21. The Morgan fingerprint density at radius 2 is 2.07 bits per heavy atom. The maximum absolute atomic E-state index is 10.0. The maximum Gasteiger partial charge on any atom is 0.0612 e. The molecule has 4 unspecified atom stereocenters. The number of hydrogen-bond acceptors (Lipinski definition) is 2. The van der Waals surface area contributed by atoms with Crippen LogP contribution in [0.1, 0.15) is 24.8 Å². The molecule has 1 fully saturated rings. The van der Waals surface area contributed by atoms with Gasteiger partial charge in [0.05, 0.1) is 6.10 Å². The first-order valence-electron chi connectivity index (χ1n) is 5.67. The van der Waals surface area contributed by atoms with Gasteiger partial charge in [0.25, 0.3) is 0 Å². The fourth-order valence-corrected chi connectivity index (χ4v) is 2.24. The van der Waals surface area contributed by atoms with Crippen LogP contribution in [0.25, 0.3) is 0 Å². The zero-order chi connectivity index (χ0) is 10.8. The first-order valence-corrected chi connectivity index (χ1v) is 5.67. The van der Waals surface area contributed by atoms with E-state index in [0.717, 1.165) is 6.42 Å². The van der Waals surface area contributed by atoms with Gasteiger partial charge in [-0.1, -0.05) is 37.3 Å². The maximum atomic E-state index is 10.0. The van der Waals surface area contributed by atoms with Crippen LogP contribution < -0.4 is 5.73 Å². The Morgan fingerprint density at radius 1 is 1.40 bits per heavy atom. The van der Waals surface area contributed by atoms with Crippen molar-refractivity contribution in [1.82, 2.24) is 0 Å². The lowest BCUT2D eigenvalue weighted by Gasteiger charge is -2.16. The molecule has 1 aliphatic rings. The predicted octanol–water partition coefficient (Wildman–Crippen LogP) is 1.75. The monoisotopic (exact) mass is 205 g/mol. The Morgan fingerprint density at radius 3 is 2.67 bits per heavy atom. The van der Waals surface area contributed by atoms with Crippen molar-refractivity contribution in [1.29, 1.82) is 0 Å². The highest BCUT2D eigenvalue weighted by atomic mass is 16.3. The number of aliphatic hydroxyl groups is 1. The molecule has 0 bridgehead atoms. The van der Waals surface area contributed by atoms with Gasteiger partial charge >= 0.3 is 0 Å². The van der Waals surface area contributed by atoms with Gasteiger partial charge in [-0.3, -0.25) is 0 Å². The molecule has 0 spiro atoms. The van der Waals surface area contributed by atoms with E-state index in [1.54, 1.807) is 0 Å². The van der Waals surface area contributed by atoms with Crippen molar-refractivity contribution >= 4 is 0 Å². The average molecular weight is 205 g/mol. The van der Waals surface area contributed by atoms with Gasteiger partial charge in [-0.05, 0) is 36.3 Å². The summed E-state index contributed by atoms with van der Waals surface area (Å²) >= 11 is 0. The summed E-state index contributed by atoms with van der Waals surface area (Å²) in [5.74, 6) is 1.19. The second kappa shape index (κ2) is 4.33. The third-order valence-electron chi connectivity index (χ3n) is 3.46. The van der Waals surface area contributed by atoms with Crippen LogP contribution >= 0.6 is 0 Å². The van der Waals surface area contributed by atoms with Crippen molar-refractivity contribution in [2.45, 2.75) is 25.4 Å². The van der Waals surface area contributed by atoms with Crippen LogP contribution in [0.3, 0.4) is 0 Å². The Hall–Kier alpha value is -0.860. The fraction of sp³-hybridized carbons (Fsp3) is 0.538. The molecule has 3 N–H and O–H groups in total. The van der Waals surface area contributed by atoms with Gasteiger partial charge in [-0.2, -0.15) is 0 Å². The summed E-state index contributed by atoms with van der Waals surface area (Å²) in [4.78, 5) is 0. The summed E-state index contributed by atoms with van der Waals surface area (Å²) in [6.07, 6.45) is 0.871. The van der Waals surface area contributed by atoms with E-state index in [0.29, 0.717) is 18.4 Å². The Labute approximate surface area is 91.1 Å². The quantitative estimate of drug-likeness (QED) is 0.786. The molecule has 1 aromatic carbocycles. The van der Waals surface area contributed by atoms with Crippen LogP contribution in [0.15, 0.2) is 30.3 Å². The van der Waals surface area contributed by atoms with Crippen LogP contribution in [0.5, 0.6) is 0 Å². The van der Waals surface area contributed by atoms with Gasteiger partial charge in [0, 0.05) is 0 Å². The highest BCUT2D eigenvalue weighted by Crippen LogP contribution is 2.50. The van der Waals surface area contributed by atoms with Gasteiger partial charge in [0.1, 0.15) is 0 Å². The van der Waals surface area contributed by atoms with Gasteiger partial charge < -0.3 is 10.8 Å². The normalized spacial score (nSPS) is 28.5. The molecule has 2 nitrogen and oxygen atoms in total. The molecule has 82 valence electrons. The summed E-state index contributed by atoms with van der Waals surface area (Å²) in [6, 6.07) is 10.4. The molecular formula is C13H19NO. The second-order valence-corrected chi connectivity index (χ2v) is 4.62. The minimum atomic E-state index is -0.236. The van der Waals surface area contributed by atoms with E-state index < -0.39 is 0 Å². The topological polar surface area (TPSA) is 46.2 Å². The molecule has 1 aliphatic carbocycles. The molecule has 15 heavy (non-hydrogen) atoms. The number of aliphatic hydroxyl groups excluding tert-OH is 1. The zero-order valence-corrected chi connectivity index (χ0v) is 9.13. The van der Waals surface area contributed by atoms with Gasteiger partial charge in [-0.25, -0.2) is 0 Å². The smallest absolute Gasteiger partial charge is 0.0612 e. The van der Waals surface area contributed by atoms with E-state index in [9.17, 15) is 5.11 Å². The van der Waals surface area contributed by atoms with E-state index in [1.807, 2.05) is 13.0 Å². The largest absolute Gasteiger partial charge is 0.392 e. The number of rotatable bonds is 4. The molecule has 0 aliphatic heterocycles. The Balaban J connectivity index is 1.96. The lowest BCUT2D eigenvalue weighted by atomic mass is 9.98. The lowest BCUT2D eigenvalue weighted by molar-refractivity contribution is 0.0966. The molecular weight excluding hydrogens is 186 g/mol. The molecule has 2 heteroatoms. The van der Waals surface area contributed by atoms with Crippen LogP contribution in [0, 0.1) is 11.8 Å². The zero-order valence-electron chi connectivity index (χ0n) is 9.13. The van der Waals surface area contributed by atoms with Crippen LogP contribution in [0.2, 0.25) is 0 Å². The minimum absolute atomic E-state index is 0.212. The van der Waals surface area contributed by atoms with Gasteiger partial charge in [0.15, 0.2) is 0 Å². The molecule has 0 aromatic heterocycles. The van der Waals surface area contributed by atoms with E-state index in [-0.39, 0.29) is 12.0 Å². The van der Waals surface area contributed by atoms with Crippen LogP contribution in [0.4, 0.5) is 0 Å². The van der Waals surface area contributed by atoms with Crippen molar-refractivity contribution < 1.29 is 5.11 Å². The van der Waals surface area contributed by atoms with E-state index >= 15 is 0 Å². The SMILES string of the molecule is CC(CN)C(O)C1CC1c1ccccc1. The Kier molecular flexibility index (Phi) is 3.08. The summed E-state index contributed by atoms with van der Waals surface area (Å²) in [6.45, 7) is 2.59. The standard InChI is InChI=1S/C13H19NO/c1-9(8-14)13(15)12-7-11(12)10-5-3-2-4-6-10/h2-6,9,11-13,15H,7-8,14H2,1H3. The lowest BCUT2D eigenvalue weighted by Crippen LogP contribution is -2.27. The van der Waals surface area contributed by atoms with Crippen molar-refractivity contribution in [3.8, 4) is 0 Å². The molecule has 2 rings (SSSR count). The van der Waals surface area contributed by atoms with E-state index in [1.165, 1.54) is 5.56 Å². The molecule has 4 atom stereocenters. The molecule has 0 amide bonds. The molecule has 1 aromatic rings. The minimum Gasteiger partial charge on any atom is -0.392 e. The molecule has 0 heterocycles. The van der Waals surface area contributed by atoms with Crippen molar-refractivity contribution in [3.05, 3.63) is 35.9 Å². The Bertz CT molecular complexity index is 312. The highest BCUT2D eigenvalue weighted by molar-refractivity contribution is 5.26. The van der Waals surface area contributed by atoms with Crippen molar-refractivity contribution in [2.75, 3.05) is 6.54 Å². The number of nitrogens with two attached hydrogens (primary N) is 1. The molecule has 0 radical (unpaired) electrons. The first-order chi connectivity index (χ1) is 7.24.